The van der Waals surface area contributed by atoms with Gasteiger partial charge in [-0.15, -0.1) is 0 Å². The Morgan fingerprint density at radius 2 is 2.31 bits per heavy atom. The van der Waals surface area contributed by atoms with Crippen LogP contribution in [0.25, 0.3) is 0 Å². The molecule has 0 bridgehead atoms. The predicted octanol–water partition coefficient (Wildman–Crippen LogP) is 2.28. The third-order valence-electron chi connectivity index (χ3n) is 2.94. The van der Waals surface area contributed by atoms with E-state index in [4.69, 9.17) is 22.1 Å². The molecule has 0 spiro atoms. The molecule has 1 fully saturated rings. The third kappa shape index (κ3) is 2.42. The first-order chi connectivity index (χ1) is 7.70. The lowest BCUT2D eigenvalue weighted by molar-refractivity contribution is 0.411. The fraction of sp³-hybridized carbons (Fsp3) is 0.500. The zero-order valence-electron chi connectivity index (χ0n) is 9.45. The molecule has 0 radical (unpaired) electrons. The van der Waals surface area contributed by atoms with Crippen molar-refractivity contribution in [3.05, 3.63) is 23.2 Å². The Hall–Kier alpha value is -0.930. The molecule has 4 heteroatoms. The fourth-order valence-electron chi connectivity index (χ4n) is 2.14. The van der Waals surface area contributed by atoms with Crippen molar-refractivity contribution in [2.45, 2.75) is 18.9 Å². The number of benzene rings is 1. The van der Waals surface area contributed by atoms with Crippen LogP contribution >= 0.6 is 11.6 Å². The summed E-state index contributed by atoms with van der Waals surface area (Å²) in [4.78, 5) is 2.25. The van der Waals surface area contributed by atoms with Crippen LogP contribution in [-0.4, -0.2) is 26.2 Å². The van der Waals surface area contributed by atoms with Crippen molar-refractivity contribution in [1.29, 1.82) is 0 Å². The quantitative estimate of drug-likeness (QED) is 0.862. The first-order valence-corrected chi connectivity index (χ1v) is 5.92. The van der Waals surface area contributed by atoms with Crippen LogP contribution < -0.4 is 15.4 Å². The van der Waals surface area contributed by atoms with E-state index >= 15 is 0 Å². The molecule has 2 N–H and O–H groups in total. The second-order valence-electron chi connectivity index (χ2n) is 4.16. The molecule has 1 heterocycles. The summed E-state index contributed by atoms with van der Waals surface area (Å²) in [5, 5.41) is 0.731. The van der Waals surface area contributed by atoms with Crippen LogP contribution in [0, 0.1) is 0 Å². The van der Waals surface area contributed by atoms with Gasteiger partial charge in [0.1, 0.15) is 5.75 Å². The number of halogens is 1. The van der Waals surface area contributed by atoms with E-state index in [1.54, 1.807) is 7.11 Å². The maximum atomic E-state index is 6.02. The Balaban J connectivity index is 2.26. The first-order valence-electron chi connectivity index (χ1n) is 5.55. The number of methoxy groups -OCH3 is 1. The Kier molecular flexibility index (Phi) is 3.56. The van der Waals surface area contributed by atoms with Crippen LogP contribution in [0.3, 0.4) is 0 Å². The summed E-state index contributed by atoms with van der Waals surface area (Å²) in [5.74, 6) is 0.860. The zero-order valence-corrected chi connectivity index (χ0v) is 10.2. The molecule has 3 nitrogen and oxygen atoms in total. The maximum absolute atomic E-state index is 6.02. The van der Waals surface area contributed by atoms with E-state index < -0.39 is 0 Å². The van der Waals surface area contributed by atoms with Gasteiger partial charge in [-0.3, -0.25) is 0 Å². The normalized spacial score (nSPS) is 20.9. The SMILES string of the molecule is COc1ccc(Cl)cc1N1CCCC(N)C1. The Bertz CT molecular complexity index is 370. The number of piperidine rings is 1. The molecule has 0 aromatic heterocycles. The number of hydrogen-bond donors (Lipinski definition) is 1. The van der Waals surface area contributed by atoms with Crippen molar-refractivity contribution < 1.29 is 4.74 Å². The number of ether oxygens (including phenoxy) is 1. The summed E-state index contributed by atoms with van der Waals surface area (Å²) in [6.45, 7) is 1.89. The lowest BCUT2D eigenvalue weighted by atomic mass is 10.1. The minimum absolute atomic E-state index is 0.248. The van der Waals surface area contributed by atoms with Gasteiger partial charge in [-0.05, 0) is 31.0 Å². The van der Waals surface area contributed by atoms with Gasteiger partial charge in [-0.1, -0.05) is 11.6 Å². The van der Waals surface area contributed by atoms with Crippen molar-refractivity contribution in [2.24, 2.45) is 5.73 Å². The zero-order chi connectivity index (χ0) is 11.5. The molecular weight excluding hydrogens is 224 g/mol. The highest BCUT2D eigenvalue weighted by Gasteiger charge is 2.19. The van der Waals surface area contributed by atoms with Crippen molar-refractivity contribution >= 4 is 17.3 Å². The molecule has 1 unspecified atom stereocenters. The Morgan fingerprint density at radius 3 is 3.00 bits per heavy atom. The van der Waals surface area contributed by atoms with E-state index in [1.807, 2.05) is 18.2 Å². The van der Waals surface area contributed by atoms with Gasteiger partial charge in [-0.25, -0.2) is 0 Å². The highest BCUT2D eigenvalue weighted by molar-refractivity contribution is 6.30. The largest absolute Gasteiger partial charge is 0.495 e. The van der Waals surface area contributed by atoms with Gasteiger partial charge < -0.3 is 15.4 Å². The highest BCUT2D eigenvalue weighted by atomic mass is 35.5. The number of hydrogen-bond acceptors (Lipinski definition) is 3. The smallest absolute Gasteiger partial charge is 0.142 e. The van der Waals surface area contributed by atoms with Gasteiger partial charge >= 0.3 is 0 Å². The van der Waals surface area contributed by atoms with Crippen LogP contribution in [0.5, 0.6) is 5.75 Å². The monoisotopic (exact) mass is 240 g/mol. The molecule has 1 aromatic carbocycles. The molecular formula is C12H17ClN2O. The number of nitrogens with zero attached hydrogens (tertiary/aromatic N) is 1. The van der Waals surface area contributed by atoms with Crippen LogP contribution in [-0.2, 0) is 0 Å². The molecule has 0 amide bonds. The van der Waals surface area contributed by atoms with E-state index in [1.165, 1.54) is 0 Å². The van der Waals surface area contributed by atoms with Gasteiger partial charge in [0.2, 0.25) is 0 Å². The molecule has 88 valence electrons. The maximum Gasteiger partial charge on any atom is 0.142 e. The molecule has 2 rings (SSSR count). The van der Waals surface area contributed by atoms with E-state index in [9.17, 15) is 0 Å². The van der Waals surface area contributed by atoms with E-state index in [-0.39, 0.29) is 6.04 Å². The number of anilines is 1. The van der Waals surface area contributed by atoms with Crippen molar-refractivity contribution in [1.82, 2.24) is 0 Å². The standard InChI is InChI=1S/C12H17ClN2O/c1-16-12-5-4-9(13)7-11(12)15-6-2-3-10(14)8-15/h4-5,7,10H,2-3,6,8,14H2,1H3. The van der Waals surface area contributed by atoms with Gasteiger partial charge in [-0.2, -0.15) is 0 Å². The summed E-state index contributed by atoms with van der Waals surface area (Å²) < 4.78 is 5.35. The molecule has 1 saturated heterocycles. The molecule has 16 heavy (non-hydrogen) atoms. The van der Waals surface area contributed by atoms with Gasteiger partial charge in [0.15, 0.2) is 0 Å². The second kappa shape index (κ2) is 4.93. The molecule has 1 atom stereocenters. The molecule has 1 aliphatic rings. The Morgan fingerprint density at radius 1 is 1.50 bits per heavy atom. The van der Waals surface area contributed by atoms with Gasteiger partial charge in [0, 0.05) is 24.2 Å². The summed E-state index contributed by atoms with van der Waals surface area (Å²) >= 11 is 6.02. The van der Waals surface area contributed by atoms with Crippen LogP contribution in [0.2, 0.25) is 5.02 Å². The molecule has 0 aliphatic carbocycles. The summed E-state index contributed by atoms with van der Waals surface area (Å²) in [7, 11) is 1.68. The van der Waals surface area contributed by atoms with E-state index in [2.05, 4.69) is 4.90 Å². The summed E-state index contributed by atoms with van der Waals surface area (Å²) in [6.07, 6.45) is 2.22. The molecule has 0 saturated carbocycles. The van der Waals surface area contributed by atoms with Crippen molar-refractivity contribution in [3.8, 4) is 5.75 Å². The topological polar surface area (TPSA) is 38.5 Å². The Labute approximate surface area is 101 Å². The lowest BCUT2D eigenvalue weighted by Crippen LogP contribution is -2.42. The molecule has 1 aliphatic heterocycles. The summed E-state index contributed by atoms with van der Waals surface area (Å²) in [6, 6.07) is 5.93. The highest BCUT2D eigenvalue weighted by Crippen LogP contribution is 2.32. The van der Waals surface area contributed by atoms with E-state index in [0.29, 0.717) is 0 Å². The van der Waals surface area contributed by atoms with Gasteiger partial charge in [0.25, 0.3) is 0 Å². The third-order valence-corrected chi connectivity index (χ3v) is 3.17. The second-order valence-corrected chi connectivity index (χ2v) is 4.60. The predicted molar refractivity (Wildman–Crippen MR) is 67.4 cm³/mol. The van der Waals surface area contributed by atoms with Crippen LogP contribution in [0.1, 0.15) is 12.8 Å². The van der Waals surface area contributed by atoms with Gasteiger partial charge in [0.05, 0.1) is 12.8 Å². The van der Waals surface area contributed by atoms with Crippen molar-refractivity contribution in [2.75, 3.05) is 25.1 Å². The minimum Gasteiger partial charge on any atom is -0.495 e. The number of nitrogens with two attached hydrogens (primary N) is 1. The fourth-order valence-corrected chi connectivity index (χ4v) is 2.31. The van der Waals surface area contributed by atoms with Crippen molar-refractivity contribution in [3.63, 3.8) is 0 Å². The van der Waals surface area contributed by atoms with Crippen LogP contribution in [0.15, 0.2) is 18.2 Å². The van der Waals surface area contributed by atoms with E-state index in [0.717, 1.165) is 42.4 Å². The average Bonchev–Trinajstić information content (AvgIpc) is 2.29. The summed E-state index contributed by atoms with van der Waals surface area (Å²) in [5.41, 5.74) is 7.02. The minimum atomic E-state index is 0.248. The number of rotatable bonds is 2. The lowest BCUT2D eigenvalue weighted by Gasteiger charge is -2.33. The average molecular weight is 241 g/mol. The first kappa shape index (κ1) is 11.6. The molecule has 1 aromatic rings. The van der Waals surface area contributed by atoms with Crippen LogP contribution in [0.4, 0.5) is 5.69 Å².